The first-order valence-electron chi connectivity index (χ1n) is 8.77. The predicted octanol–water partition coefficient (Wildman–Crippen LogP) is 3.12. The van der Waals surface area contributed by atoms with Crippen LogP contribution in [0.5, 0.6) is 0 Å². The Morgan fingerprint density at radius 3 is 2.58 bits per heavy atom. The van der Waals surface area contributed by atoms with Crippen LogP contribution < -0.4 is 10.2 Å². The van der Waals surface area contributed by atoms with Crippen molar-refractivity contribution >= 4 is 27.4 Å². The zero-order valence-corrected chi connectivity index (χ0v) is 14.2. The largest absolute Gasteiger partial charge is 0.368 e. The van der Waals surface area contributed by atoms with Crippen LogP contribution in [-0.4, -0.2) is 40.9 Å². The van der Waals surface area contributed by atoms with E-state index in [1.54, 1.807) is 12.1 Å². The maximum Gasteiger partial charge on any atom is 0.123 e. The third-order valence-corrected chi connectivity index (χ3v) is 4.97. The maximum atomic E-state index is 13.3. The molecule has 0 atom stereocenters. The molecule has 5 rings (SSSR count). The van der Waals surface area contributed by atoms with Gasteiger partial charge in [-0.2, -0.15) is 5.10 Å². The van der Waals surface area contributed by atoms with Gasteiger partial charge >= 0.3 is 0 Å². The molecule has 1 aliphatic rings. The minimum atomic E-state index is -0.250. The summed E-state index contributed by atoms with van der Waals surface area (Å²) < 4.78 is 15.2. The van der Waals surface area contributed by atoms with E-state index >= 15 is 0 Å². The Morgan fingerprint density at radius 2 is 1.77 bits per heavy atom. The highest BCUT2D eigenvalue weighted by Crippen LogP contribution is 2.34. The Kier molecular flexibility index (Phi) is 3.57. The number of hydrogen-bond acceptors (Lipinski definition) is 4. The fraction of sp³-hybridized carbons (Fsp3) is 0.200. The number of pyridine rings is 1. The molecule has 1 aliphatic heterocycles. The molecular formula is C20H18FN5. The van der Waals surface area contributed by atoms with E-state index in [0.29, 0.717) is 0 Å². The van der Waals surface area contributed by atoms with E-state index in [2.05, 4.69) is 26.4 Å². The highest BCUT2D eigenvalue weighted by molar-refractivity contribution is 6.11. The van der Waals surface area contributed by atoms with Gasteiger partial charge in [-0.15, -0.1) is 0 Å². The van der Waals surface area contributed by atoms with Crippen LogP contribution in [0.25, 0.3) is 27.4 Å². The summed E-state index contributed by atoms with van der Waals surface area (Å²) in [6.07, 6.45) is 5.61. The Bertz CT molecular complexity index is 1080. The SMILES string of the molecule is Fc1ccc(-n2ncc3cc(N4CCNCC4)c4cnccc4c32)cc1. The summed E-state index contributed by atoms with van der Waals surface area (Å²) in [6.45, 7) is 3.91. The minimum absolute atomic E-state index is 0.250. The van der Waals surface area contributed by atoms with Crippen molar-refractivity contribution in [3.8, 4) is 5.69 Å². The van der Waals surface area contributed by atoms with Gasteiger partial charge < -0.3 is 10.2 Å². The van der Waals surface area contributed by atoms with Crippen LogP contribution in [-0.2, 0) is 0 Å². The van der Waals surface area contributed by atoms with Crippen molar-refractivity contribution in [1.82, 2.24) is 20.1 Å². The summed E-state index contributed by atoms with van der Waals surface area (Å²) in [7, 11) is 0. The molecule has 1 fully saturated rings. The number of halogens is 1. The first-order chi connectivity index (χ1) is 12.8. The smallest absolute Gasteiger partial charge is 0.123 e. The lowest BCUT2D eigenvalue weighted by atomic mass is 10.1. The summed E-state index contributed by atoms with van der Waals surface area (Å²) >= 11 is 0. The second-order valence-electron chi connectivity index (χ2n) is 6.52. The third kappa shape index (κ3) is 2.42. The summed E-state index contributed by atoms with van der Waals surface area (Å²) in [5, 5.41) is 11.3. The first-order valence-corrected chi connectivity index (χ1v) is 8.77. The molecule has 130 valence electrons. The van der Waals surface area contributed by atoms with Gasteiger partial charge in [0.15, 0.2) is 0 Å². The Balaban J connectivity index is 1.77. The summed E-state index contributed by atoms with van der Waals surface area (Å²) in [6, 6.07) is 10.6. The van der Waals surface area contributed by atoms with E-state index < -0.39 is 0 Å². The van der Waals surface area contributed by atoms with Crippen LogP contribution in [0.2, 0.25) is 0 Å². The molecule has 0 spiro atoms. The third-order valence-electron chi connectivity index (χ3n) is 4.97. The molecule has 0 radical (unpaired) electrons. The molecule has 0 bridgehead atoms. The zero-order chi connectivity index (χ0) is 17.5. The van der Waals surface area contributed by atoms with Crippen LogP contribution in [0.1, 0.15) is 0 Å². The van der Waals surface area contributed by atoms with Crippen LogP contribution in [0.15, 0.2) is 55.0 Å². The Hall–Kier alpha value is -2.99. The zero-order valence-electron chi connectivity index (χ0n) is 14.2. The van der Waals surface area contributed by atoms with E-state index in [4.69, 9.17) is 0 Å². The van der Waals surface area contributed by atoms with Crippen molar-refractivity contribution in [2.45, 2.75) is 0 Å². The molecule has 1 saturated heterocycles. The normalized spacial score (nSPS) is 15.0. The van der Waals surface area contributed by atoms with Gasteiger partial charge in [0.25, 0.3) is 0 Å². The molecule has 0 aliphatic carbocycles. The number of rotatable bonds is 2. The summed E-state index contributed by atoms with van der Waals surface area (Å²) in [4.78, 5) is 6.75. The molecule has 5 nitrogen and oxygen atoms in total. The second-order valence-corrected chi connectivity index (χ2v) is 6.52. The minimum Gasteiger partial charge on any atom is -0.368 e. The van der Waals surface area contributed by atoms with Crippen molar-refractivity contribution in [2.75, 3.05) is 31.1 Å². The van der Waals surface area contributed by atoms with Crippen molar-refractivity contribution in [3.63, 3.8) is 0 Å². The monoisotopic (exact) mass is 347 g/mol. The van der Waals surface area contributed by atoms with Crippen LogP contribution >= 0.6 is 0 Å². The number of anilines is 1. The van der Waals surface area contributed by atoms with Crippen LogP contribution in [0.3, 0.4) is 0 Å². The topological polar surface area (TPSA) is 46.0 Å². The highest BCUT2D eigenvalue weighted by atomic mass is 19.1. The second kappa shape index (κ2) is 6.07. The lowest BCUT2D eigenvalue weighted by Gasteiger charge is -2.30. The van der Waals surface area contributed by atoms with Crippen LogP contribution in [0, 0.1) is 5.82 Å². The van der Waals surface area contributed by atoms with Gasteiger partial charge in [-0.25, -0.2) is 9.07 Å². The number of nitrogens with zero attached hydrogens (tertiary/aromatic N) is 4. The fourth-order valence-corrected chi connectivity index (χ4v) is 3.71. The Labute approximate surface area is 150 Å². The molecule has 0 amide bonds. The van der Waals surface area contributed by atoms with Crippen molar-refractivity contribution in [3.05, 3.63) is 60.8 Å². The standard InChI is InChI=1S/C20H18FN5/c21-15-1-3-16(4-2-15)26-20-14(12-24-26)11-19(25-9-7-22-8-10-25)18-13-23-6-5-17(18)20/h1-6,11-13,22H,7-10H2. The lowest BCUT2D eigenvalue weighted by Crippen LogP contribution is -2.43. The first kappa shape index (κ1) is 15.3. The van der Waals surface area contributed by atoms with Gasteiger partial charge in [-0.3, -0.25) is 4.98 Å². The molecule has 2 aromatic heterocycles. The quantitative estimate of drug-likeness (QED) is 0.605. The van der Waals surface area contributed by atoms with Gasteiger partial charge in [0, 0.05) is 60.4 Å². The molecule has 6 heteroatoms. The maximum absolute atomic E-state index is 13.3. The number of aromatic nitrogens is 3. The molecule has 0 unspecified atom stereocenters. The molecule has 4 aromatic rings. The fourth-order valence-electron chi connectivity index (χ4n) is 3.71. The van der Waals surface area contributed by atoms with Gasteiger partial charge in [0.2, 0.25) is 0 Å². The molecule has 2 aromatic carbocycles. The van der Waals surface area contributed by atoms with E-state index in [0.717, 1.165) is 53.5 Å². The van der Waals surface area contributed by atoms with Gasteiger partial charge in [0.1, 0.15) is 5.82 Å². The van der Waals surface area contributed by atoms with Crippen molar-refractivity contribution in [1.29, 1.82) is 0 Å². The van der Waals surface area contributed by atoms with Crippen molar-refractivity contribution in [2.24, 2.45) is 0 Å². The molecular weight excluding hydrogens is 329 g/mol. The number of hydrogen-bond donors (Lipinski definition) is 1. The number of piperazine rings is 1. The average Bonchev–Trinajstić information content (AvgIpc) is 3.13. The highest BCUT2D eigenvalue weighted by Gasteiger charge is 2.18. The van der Waals surface area contributed by atoms with Gasteiger partial charge in [-0.1, -0.05) is 0 Å². The van der Waals surface area contributed by atoms with E-state index in [-0.39, 0.29) is 5.82 Å². The summed E-state index contributed by atoms with van der Waals surface area (Å²) in [5.74, 6) is -0.250. The van der Waals surface area contributed by atoms with Crippen LogP contribution in [0.4, 0.5) is 10.1 Å². The molecule has 26 heavy (non-hydrogen) atoms. The van der Waals surface area contributed by atoms with E-state index in [9.17, 15) is 4.39 Å². The van der Waals surface area contributed by atoms with Gasteiger partial charge in [0.05, 0.1) is 17.4 Å². The summed E-state index contributed by atoms with van der Waals surface area (Å²) in [5.41, 5.74) is 3.06. The average molecular weight is 347 g/mol. The number of nitrogens with one attached hydrogen (secondary N) is 1. The molecule has 3 heterocycles. The lowest BCUT2D eigenvalue weighted by molar-refractivity contribution is 0.590. The predicted molar refractivity (Wildman–Crippen MR) is 101 cm³/mol. The molecule has 1 N–H and O–H groups in total. The Morgan fingerprint density at radius 1 is 0.962 bits per heavy atom. The van der Waals surface area contributed by atoms with Crippen molar-refractivity contribution < 1.29 is 4.39 Å². The van der Waals surface area contributed by atoms with E-state index in [1.807, 2.05) is 29.3 Å². The number of benzene rings is 2. The van der Waals surface area contributed by atoms with E-state index in [1.165, 1.54) is 17.8 Å². The number of fused-ring (bicyclic) bond motifs is 3. The van der Waals surface area contributed by atoms with Gasteiger partial charge in [-0.05, 0) is 36.4 Å². The molecule has 0 saturated carbocycles.